The summed E-state index contributed by atoms with van der Waals surface area (Å²) >= 11 is 0. The van der Waals surface area contributed by atoms with Gasteiger partial charge in [0, 0.05) is 0 Å². The van der Waals surface area contributed by atoms with Crippen molar-refractivity contribution in [1.82, 2.24) is 5.32 Å². The zero-order valence-electron chi connectivity index (χ0n) is 8.62. The van der Waals surface area contributed by atoms with Gasteiger partial charge in [-0.05, 0) is 49.5 Å². The van der Waals surface area contributed by atoms with Crippen molar-refractivity contribution in [3.05, 3.63) is 29.8 Å². The summed E-state index contributed by atoms with van der Waals surface area (Å²) in [7, 11) is 0. The van der Waals surface area contributed by atoms with E-state index >= 15 is 0 Å². The number of aromatic hydroxyl groups is 1. The van der Waals surface area contributed by atoms with Crippen molar-refractivity contribution in [2.45, 2.75) is 19.0 Å². The molecule has 0 spiro atoms. The van der Waals surface area contributed by atoms with Gasteiger partial charge in [-0.25, -0.2) is 4.39 Å². The molecule has 2 N–H and O–H groups in total. The number of phenolic OH excluding ortho intramolecular Hbond substituents is 1. The largest absolute Gasteiger partial charge is 0.508 e. The quantitative estimate of drug-likeness (QED) is 0.784. The van der Waals surface area contributed by atoms with Gasteiger partial charge >= 0.3 is 0 Å². The Balaban J connectivity index is 2.05. The molecule has 0 amide bonds. The van der Waals surface area contributed by atoms with E-state index in [0.717, 1.165) is 25.9 Å². The van der Waals surface area contributed by atoms with Gasteiger partial charge in [-0.1, -0.05) is 12.1 Å². The summed E-state index contributed by atoms with van der Waals surface area (Å²) in [6.07, 6.45) is 0.886. The topological polar surface area (TPSA) is 32.3 Å². The Morgan fingerprint density at radius 1 is 1.20 bits per heavy atom. The van der Waals surface area contributed by atoms with E-state index in [1.54, 1.807) is 24.3 Å². The smallest absolute Gasteiger partial charge is 0.128 e. The number of halogens is 1. The zero-order valence-corrected chi connectivity index (χ0v) is 8.62. The fourth-order valence-corrected chi connectivity index (χ4v) is 2.07. The standard InChI is InChI=1S/C12H16FNO/c13-12(10-5-7-14-8-6-10)9-1-3-11(15)4-2-9/h1-4,10,12,14-15H,5-8H2. The summed E-state index contributed by atoms with van der Waals surface area (Å²) in [6, 6.07) is 6.43. The van der Waals surface area contributed by atoms with Gasteiger partial charge in [0.15, 0.2) is 0 Å². The molecule has 1 aromatic carbocycles. The summed E-state index contributed by atoms with van der Waals surface area (Å²) < 4.78 is 14.0. The highest BCUT2D eigenvalue weighted by molar-refractivity contribution is 5.27. The third-order valence-electron chi connectivity index (χ3n) is 3.01. The minimum Gasteiger partial charge on any atom is -0.508 e. The molecule has 2 nitrogen and oxygen atoms in total. The van der Waals surface area contributed by atoms with Crippen molar-refractivity contribution in [3.8, 4) is 5.75 Å². The van der Waals surface area contributed by atoms with E-state index < -0.39 is 6.17 Å². The lowest BCUT2D eigenvalue weighted by Crippen LogP contribution is -2.29. The number of rotatable bonds is 2. The lowest BCUT2D eigenvalue weighted by Gasteiger charge is -2.25. The summed E-state index contributed by atoms with van der Waals surface area (Å²) in [5, 5.41) is 12.3. The molecule has 1 atom stereocenters. The fourth-order valence-electron chi connectivity index (χ4n) is 2.07. The van der Waals surface area contributed by atoms with Crippen LogP contribution in [0.3, 0.4) is 0 Å². The predicted molar refractivity (Wildman–Crippen MR) is 57.5 cm³/mol. The highest BCUT2D eigenvalue weighted by Crippen LogP contribution is 2.32. The summed E-state index contributed by atoms with van der Waals surface area (Å²) in [5.41, 5.74) is 0.680. The van der Waals surface area contributed by atoms with E-state index in [1.165, 1.54) is 0 Å². The lowest BCUT2D eigenvalue weighted by atomic mass is 9.89. The van der Waals surface area contributed by atoms with Crippen LogP contribution in [0.5, 0.6) is 5.75 Å². The van der Waals surface area contributed by atoms with Crippen molar-refractivity contribution in [2.75, 3.05) is 13.1 Å². The molecule has 82 valence electrons. The van der Waals surface area contributed by atoms with Crippen molar-refractivity contribution in [1.29, 1.82) is 0 Å². The molecule has 1 aliphatic heterocycles. The maximum absolute atomic E-state index is 14.0. The van der Waals surface area contributed by atoms with Gasteiger partial charge in [-0.2, -0.15) is 0 Å². The van der Waals surface area contributed by atoms with E-state index in [0.29, 0.717) is 5.56 Å². The molecule has 1 unspecified atom stereocenters. The second-order valence-corrected chi connectivity index (χ2v) is 4.08. The van der Waals surface area contributed by atoms with Gasteiger partial charge in [-0.3, -0.25) is 0 Å². The first-order chi connectivity index (χ1) is 7.27. The number of alkyl halides is 1. The number of nitrogens with one attached hydrogen (secondary N) is 1. The van der Waals surface area contributed by atoms with Crippen LogP contribution in [0.2, 0.25) is 0 Å². The van der Waals surface area contributed by atoms with Gasteiger partial charge in [0.25, 0.3) is 0 Å². The Morgan fingerprint density at radius 2 is 1.80 bits per heavy atom. The van der Waals surface area contributed by atoms with E-state index in [-0.39, 0.29) is 11.7 Å². The molecule has 0 aliphatic carbocycles. The molecule has 0 radical (unpaired) electrons. The molecule has 1 fully saturated rings. The number of phenols is 1. The van der Waals surface area contributed by atoms with Crippen molar-refractivity contribution in [2.24, 2.45) is 5.92 Å². The van der Waals surface area contributed by atoms with Crippen LogP contribution < -0.4 is 5.32 Å². The van der Waals surface area contributed by atoms with Crippen LogP contribution in [0.4, 0.5) is 4.39 Å². The van der Waals surface area contributed by atoms with Crippen molar-refractivity contribution >= 4 is 0 Å². The SMILES string of the molecule is Oc1ccc(C(F)C2CCNCC2)cc1. The van der Waals surface area contributed by atoms with Gasteiger partial charge in [0.1, 0.15) is 11.9 Å². The normalized spacial score (nSPS) is 20.1. The number of benzene rings is 1. The predicted octanol–water partition coefficient (Wildman–Crippen LogP) is 2.40. The van der Waals surface area contributed by atoms with Gasteiger partial charge in [0.2, 0.25) is 0 Å². The third-order valence-corrected chi connectivity index (χ3v) is 3.01. The fraction of sp³-hybridized carbons (Fsp3) is 0.500. The first-order valence-electron chi connectivity index (χ1n) is 5.41. The molecule has 2 rings (SSSR count). The second-order valence-electron chi connectivity index (χ2n) is 4.08. The van der Waals surface area contributed by atoms with Crippen molar-refractivity contribution < 1.29 is 9.50 Å². The number of hydrogen-bond acceptors (Lipinski definition) is 2. The van der Waals surface area contributed by atoms with Crippen LogP contribution in [0.1, 0.15) is 24.6 Å². The molecule has 1 heterocycles. The average molecular weight is 209 g/mol. The molecule has 15 heavy (non-hydrogen) atoms. The van der Waals surface area contributed by atoms with Crippen LogP contribution in [0.15, 0.2) is 24.3 Å². The maximum atomic E-state index is 14.0. The van der Waals surface area contributed by atoms with Crippen LogP contribution in [-0.4, -0.2) is 18.2 Å². The summed E-state index contributed by atoms with van der Waals surface area (Å²) in [5.74, 6) is 0.312. The molecule has 1 aromatic rings. The summed E-state index contributed by atoms with van der Waals surface area (Å²) in [6.45, 7) is 1.81. The minimum atomic E-state index is -0.896. The highest BCUT2D eigenvalue weighted by Gasteiger charge is 2.24. The first-order valence-corrected chi connectivity index (χ1v) is 5.41. The van der Waals surface area contributed by atoms with Crippen LogP contribution in [0.25, 0.3) is 0 Å². The Morgan fingerprint density at radius 3 is 2.40 bits per heavy atom. The molecule has 1 aliphatic rings. The molecule has 0 saturated carbocycles. The third kappa shape index (κ3) is 2.48. The summed E-state index contributed by atoms with van der Waals surface area (Å²) in [4.78, 5) is 0. The maximum Gasteiger partial charge on any atom is 0.128 e. The van der Waals surface area contributed by atoms with Gasteiger partial charge < -0.3 is 10.4 Å². The lowest BCUT2D eigenvalue weighted by molar-refractivity contribution is 0.190. The zero-order chi connectivity index (χ0) is 10.7. The number of piperidine rings is 1. The molecule has 1 saturated heterocycles. The molecule has 0 bridgehead atoms. The van der Waals surface area contributed by atoms with Crippen LogP contribution >= 0.6 is 0 Å². The van der Waals surface area contributed by atoms with Crippen LogP contribution in [0, 0.1) is 5.92 Å². The average Bonchev–Trinajstić information content (AvgIpc) is 2.30. The van der Waals surface area contributed by atoms with E-state index in [2.05, 4.69) is 5.32 Å². The molecular formula is C12H16FNO. The number of hydrogen-bond donors (Lipinski definition) is 2. The molecule has 0 aromatic heterocycles. The molecule has 3 heteroatoms. The Labute approximate surface area is 89.1 Å². The van der Waals surface area contributed by atoms with Crippen molar-refractivity contribution in [3.63, 3.8) is 0 Å². The Bertz CT molecular complexity index is 306. The Kier molecular flexibility index (Phi) is 3.21. The van der Waals surface area contributed by atoms with E-state index in [9.17, 15) is 4.39 Å². The Hall–Kier alpha value is -1.09. The highest BCUT2D eigenvalue weighted by atomic mass is 19.1. The molecular weight excluding hydrogens is 193 g/mol. The minimum absolute atomic E-state index is 0.121. The van der Waals surface area contributed by atoms with Gasteiger partial charge in [0.05, 0.1) is 0 Å². The van der Waals surface area contributed by atoms with Crippen LogP contribution in [-0.2, 0) is 0 Å². The van der Waals surface area contributed by atoms with E-state index in [1.807, 2.05) is 0 Å². The second kappa shape index (κ2) is 4.62. The first kappa shape index (κ1) is 10.4. The monoisotopic (exact) mass is 209 g/mol. The van der Waals surface area contributed by atoms with Gasteiger partial charge in [-0.15, -0.1) is 0 Å². The van der Waals surface area contributed by atoms with E-state index in [4.69, 9.17) is 5.11 Å².